The van der Waals surface area contributed by atoms with Crippen molar-refractivity contribution in [1.29, 1.82) is 0 Å². The normalized spacial score (nSPS) is 12.3. The zero-order valence-corrected chi connectivity index (χ0v) is 12.3. The molecule has 0 unspecified atom stereocenters. The first-order chi connectivity index (χ1) is 8.58. The number of carbonyl (C=O) groups is 1. The van der Waals surface area contributed by atoms with Crippen LogP contribution >= 0.6 is 11.6 Å². The number of hydrogen-bond acceptors (Lipinski definition) is 4. The summed E-state index contributed by atoms with van der Waals surface area (Å²) < 4.78 is 27.5. The maximum Gasteiger partial charge on any atom is 0.256 e. The van der Waals surface area contributed by atoms with Crippen LogP contribution in [0.25, 0.3) is 0 Å². The quantitative estimate of drug-likeness (QED) is 0.877. The molecule has 0 aliphatic rings. The maximum absolute atomic E-state index is 11.9. The minimum atomic E-state index is -3.86. The number of hydrogen-bond donors (Lipinski definition) is 2. The first-order valence-electron chi connectivity index (χ1n) is 5.27. The van der Waals surface area contributed by atoms with Gasteiger partial charge < -0.3 is 10.1 Å². The second-order valence-corrected chi connectivity index (χ2v) is 6.32. The molecule has 0 fully saturated rings. The zero-order valence-electron chi connectivity index (χ0n) is 10.7. The predicted octanol–water partition coefficient (Wildman–Crippen LogP) is 1.35. The molecule has 0 spiro atoms. The third-order valence-corrected chi connectivity index (χ3v) is 3.81. The fourth-order valence-corrected chi connectivity index (χ4v) is 1.85. The van der Waals surface area contributed by atoms with E-state index in [2.05, 4.69) is 5.32 Å². The zero-order chi connectivity index (χ0) is 14.8. The van der Waals surface area contributed by atoms with Crippen molar-refractivity contribution in [3.63, 3.8) is 0 Å². The lowest BCUT2D eigenvalue weighted by atomic mass is 10.1. The van der Waals surface area contributed by atoms with Crippen LogP contribution in [-0.4, -0.2) is 27.0 Å². The molecule has 1 rings (SSSR count). The van der Waals surface area contributed by atoms with Gasteiger partial charge in [-0.2, -0.15) is 0 Å². The highest BCUT2D eigenvalue weighted by atomic mass is 35.5. The van der Waals surface area contributed by atoms with Gasteiger partial charge in [0.2, 0.25) is 10.0 Å². The van der Waals surface area contributed by atoms with Gasteiger partial charge in [0.25, 0.3) is 5.91 Å². The van der Waals surface area contributed by atoms with Gasteiger partial charge in [0, 0.05) is 7.11 Å². The number of sulfonamides is 1. The molecule has 6 nitrogen and oxygen atoms in total. The standard InChI is InChI=1S/C11H15ClN2O4S/c1-11(2,18-3)10(15)14-9-6-7(19(13,16)17)4-5-8(9)12/h4-6H,1-3H3,(H,14,15)(H2,13,16,17). The molecule has 0 saturated carbocycles. The van der Waals surface area contributed by atoms with E-state index in [1.54, 1.807) is 13.8 Å². The fraction of sp³-hybridized carbons (Fsp3) is 0.364. The Hall–Kier alpha value is -1.15. The van der Waals surface area contributed by atoms with Crippen LogP contribution in [0.3, 0.4) is 0 Å². The number of ether oxygens (including phenoxy) is 1. The van der Waals surface area contributed by atoms with Crippen molar-refractivity contribution in [3.8, 4) is 0 Å². The van der Waals surface area contributed by atoms with Crippen LogP contribution in [0.2, 0.25) is 5.02 Å². The summed E-state index contributed by atoms with van der Waals surface area (Å²) in [6.07, 6.45) is 0. The number of halogens is 1. The second-order valence-electron chi connectivity index (χ2n) is 4.36. The first-order valence-corrected chi connectivity index (χ1v) is 7.19. The van der Waals surface area contributed by atoms with E-state index in [4.69, 9.17) is 21.5 Å². The summed E-state index contributed by atoms with van der Waals surface area (Å²) in [6.45, 7) is 3.14. The molecule has 1 amide bonds. The summed E-state index contributed by atoms with van der Waals surface area (Å²) in [5.41, 5.74) is -0.913. The van der Waals surface area contributed by atoms with Crippen LogP contribution in [0, 0.1) is 0 Å². The summed E-state index contributed by atoms with van der Waals surface area (Å²) in [4.78, 5) is 11.8. The number of carbonyl (C=O) groups excluding carboxylic acids is 1. The molecule has 0 radical (unpaired) electrons. The molecule has 0 aliphatic heterocycles. The van der Waals surface area contributed by atoms with Crippen molar-refractivity contribution in [3.05, 3.63) is 23.2 Å². The maximum atomic E-state index is 11.9. The Morgan fingerprint density at radius 1 is 1.42 bits per heavy atom. The van der Waals surface area contributed by atoms with E-state index >= 15 is 0 Å². The number of nitrogens with one attached hydrogen (secondary N) is 1. The molecule has 0 heterocycles. The summed E-state index contributed by atoms with van der Waals surface area (Å²) in [5.74, 6) is -0.455. The van der Waals surface area contributed by atoms with E-state index in [0.29, 0.717) is 0 Å². The van der Waals surface area contributed by atoms with Gasteiger partial charge in [-0.25, -0.2) is 13.6 Å². The third kappa shape index (κ3) is 3.90. The number of amides is 1. The SMILES string of the molecule is COC(C)(C)C(=O)Nc1cc(S(N)(=O)=O)ccc1Cl. The van der Waals surface area contributed by atoms with Crippen LogP contribution in [0.1, 0.15) is 13.8 Å². The lowest BCUT2D eigenvalue weighted by Gasteiger charge is -2.22. The Labute approximate surface area is 116 Å². The van der Waals surface area contributed by atoms with E-state index in [1.165, 1.54) is 25.3 Å². The van der Waals surface area contributed by atoms with Crippen molar-refractivity contribution >= 4 is 33.2 Å². The molecule has 8 heteroatoms. The lowest BCUT2D eigenvalue weighted by molar-refractivity contribution is -0.133. The summed E-state index contributed by atoms with van der Waals surface area (Å²) >= 11 is 5.89. The Balaban J connectivity index is 3.12. The molecular weight excluding hydrogens is 292 g/mol. The van der Waals surface area contributed by atoms with Gasteiger partial charge in [-0.3, -0.25) is 4.79 Å². The summed E-state index contributed by atoms with van der Waals surface area (Å²) in [7, 11) is -2.47. The number of rotatable bonds is 4. The van der Waals surface area contributed by atoms with E-state index in [1.807, 2.05) is 0 Å². The van der Waals surface area contributed by atoms with Gasteiger partial charge in [0.1, 0.15) is 5.60 Å². The Morgan fingerprint density at radius 2 is 2.00 bits per heavy atom. The average Bonchev–Trinajstić information content (AvgIpc) is 2.30. The summed E-state index contributed by atoms with van der Waals surface area (Å²) in [6, 6.07) is 3.80. The average molecular weight is 307 g/mol. The molecule has 0 aliphatic carbocycles. The highest BCUT2D eigenvalue weighted by Crippen LogP contribution is 2.26. The van der Waals surface area contributed by atoms with Crippen molar-refractivity contribution in [2.75, 3.05) is 12.4 Å². The van der Waals surface area contributed by atoms with Crippen molar-refractivity contribution < 1.29 is 17.9 Å². The van der Waals surface area contributed by atoms with Crippen LogP contribution < -0.4 is 10.5 Å². The number of primary sulfonamides is 1. The minimum Gasteiger partial charge on any atom is -0.369 e. The highest BCUT2D eigenvalue weighted by Gasteiger charge is 2.27. The molecule has 19 heavy (non-hydrogen) atoms. The molecule has 1 aromatic rings. The Kier molecular flexibility index (Phi) is 4.57. The number of methoxy groups -OCH3 is 1. The Morgan fingerprint density at radius 3 is 2.47 bits per heavy atom. The molecule has 106 valence electrons. The molecule has 0 aromatic heterocycles. The van der Waals surface area contributed by atoms with E-state index in [0.717, 1.165) is 0 Å². The van der Waals surface area contributed by atoms with E-state index in [9.17, 15) is 13.2 Å². The van der Waals surface area contributed by atoms with Gasteiger partial charge in [0.05, 0.1) is 15.6 Å². The molecule has 1 aromatic carbocycles. The largest absolute Gasteiger partial charge is 0.369 e. The minimum absolute atomic E-state index is 0.137. The highest BCUT2D eigenvalue weighted by molar-refractivity contribution is 7.89. The van der Waals surface area contributed by atoms with Gasteiger partial charge in [-0.15, -0.1) is 0 Å². The van der Waals surface area contributed by atoms with Crippen LogP contribution in [0.5, 0.6) is 0 Å². The summed E-state index contributed by atoms with van der Waals surface area (Å²) in [5, 5.41) is 7.71. The van der Waals surface area contributed by atoms with Crippen molar-refractivity contribution in [2.45, 2.75) is 24.3 Å². The molecule has 0 atom stereocenters. The molecule has 0 bridgehead atoms. The molecule has 0 saturated heterocycles. The topological polar surface area (TPSA) is 98.5 Å². The van der Waals surface area contributed by atoms with Gasteiger partial charge >= 0.3 is 0 Å². The van der Waals surface area contributed by atoms with Crippen LogP contribution in [0.4, 0.5) is 5.69 Å². The Bertz CT molecular complexity index is 599. The van der Waals surface area contributed by atoms with Crippen molar-refractivity contribution in [2.24, 2.45) is 5.14 Å². The van der Waals surface area contributed by atoms with Gasteiger partial charge in [-0.05, 0) is 32.0 Å². The predicted molar refractivity (Wildman–Crippen MR) is 72.5 cm³/mol. The molecule has 3 N–H and O–H groups in total. The van der Waals surface area contributed by atoms with E-state index < -0.39 is 21.5 Å². The van der Waals surface area contributed by atoms with Gasteiger partial charge in [0.15, 0.2) is 0 Å². The van der Waals surface area contributed by atoms with Crippen LogP contribution in [-0.2, 0) is 19.6 Å². The van der Waals surface area contributed by atoms with Gasteiger partial charge in [-0.1, -0.05) is 11.6 Å². The lowest BCUT2D eigenvalue weighted by Crippen LogP contribution is -2.38. The number of anilines is 1. The molecular formula is C11H15ClN2O4S. The van der Waals surface area contributed by atoms with E-state index in [-0.39, 0.29) is 15.6 Å². The number of benzene rings is 1. The van der Waals surface area contributed by atoms with Crippen LogP contribution in [0.15, 0.2) is 23.1 Å². The number of nitrogens with two attached hydrogens (primary N) is 1. The first kappa shape index (κ1) is 15.9. The third-order valence-electron chi connectivity index (χ3n) is 2.57. The monoisotopic (exact) mass is 306 g/mol. The smallest absolute Gasteiger partial charge is 0.256 e. The second kappa shape index (κ2) is 5.46. The van der Waals surface area contributed by atoms with Crippen molar-refractivity contribution in [1.82, 2.24) is 0 Å². The fourth-order valence-electron chi connectivity index (χ4n) is 1.14.